The van der Waals surface area contributed by atoms with Gasteiger partial charge in [-0.15, -0.1) is 0 Å². The molecule has 0 radical (unpaired) electrons. The molecule has 0 aliphatic heterocycles. The van der Waals surface area contributed by atoms with Gasteiger partial charge in [0.2, 0.25) is 0 Å². The number of halogens is 3. The van der Waals surface area contributed by atoms with Crippen molar-refractivity contribution in [1.29, 1.82) is 0 Å². The molecule has 3 rings (SSSR count). The predicted octanol–water partition coefficient (Wildman–Crippen LogP) is 5.31. The molecule has 0 aliphatic carbocycles. The number of amides is 1. The smallest absolute Gasteiger partial charge is 0.266 e. The number of nitrogens with zero attached hydrogens (tertiary/aromatic N) is 1. The van der Waals surface area contributed by atoms with Crippen LogP contribution in [-0.2, 0) is 10.0 Å². The number of benzene rings is 2. The van der Waals surface area contributed by atoms with Gasteiger partial charge < -0.3 is 0 Å². The molecule has 1 N–H and O–H groups in total. The zero-order valence-corrected chi connectivity index (χ0v) is 17.8. The van der Waals surface area contributed by atoms with Gasteiger partial charge in [0.15, 0.2) is 0 Å². The number of sulfonamides is 1. The summed E-state index contributed by atoms with van der Waals surface area (Å²) in [6.07, 6.45) is 2.63. The van der Waals surface area contributed by atoms with Crippen molar-refractivity contribution in [1.82, 2.24) is 9.71 Å². The molecule has 0 spiro atoms. The summed E-state index contributed by atoms with van der Waals surface area (Å²) in [4.78, 5) is 17.0. The second-order valence-electron chi connectivity index (χ2n) is 5.47. The summed E-state index contributed by atoms with van der Waals surface area (Å²) in [6, 6.07) is 12.3. The third-order valence-electron chi connectivity index (χ3n) is 3.43. The van der Waals surface area contributed by atoms with E-state index in [1.165, 1.54) is 42.7 Å². The number of rotatable bonds is 5. The lowest BCUT2D eigenvalue weighted by molar-refractivity contribution is 0.0981. The molecule has 2 aromatic carbocycles. The first-order valence-electron chi connectivity index (χ1n) is 7.65. The average Bonchev–Trinajstić information content (AvgIpc) is 2.61. The fourth-order valence-corrected chi connectivity index (χ4v) is 5.35. The summed E-state index contributed by atoms with van der Waals surface area (Å²) in [5.74, 6) is -0.776. The summed E-state index contributed by atoms with van der Waals surface area (Å²) < 4.78 is 27.6. The fraction of sp³-hybridized carbons (Fsp3) is 0. The van der Waals surface area contributed by atoms with Gasteiger partial charge >= 0.3 is 0 Å². The molecule has 0 saturated carbocycles. The van der Waals surface area contributed by atoms with Crippen LogP contribution < -0.4 is 4.72 Å². The second-order valence-corrected chi connectivity index (χ2v) is 9.55. The number of hydrogen-bond acceptors (Lipinski definition) is 5. The second kappa shape index (κ2) is 8.71. The van der Waals surface area contributed by atoms with Crippen LogP contribution in [0.3, 0.4) is 0 Å². The Hall–Kier alpha value is -1.77. The third-order valence-corrected chi connectivity index (χ3v) is 6.66. The summed E-state index contributed by atoms with van der Waals surface area (Å²) in [5.41, 5.74) is 0.160. The van der Waals surface area contributed by atoms with Crippen LogP contribution in [0.1, 0.15) is 10.4 Å². The maximum Gasteiger partial charge on any atom is 0.266 e. The van der Waals surface area contributed by atoms with E-state index in [1.54, 1.807) is 18.2 Å². The Morgan fingerprint density at radius 1 is 0.929 bits per heavy atom. The largest absolute Gasteiger partial charge is 0.268 e. The van der Waals surface area contributed by atoms with E-state index >= 15 is 0 Å². The topological polar surface area (TPSA) is 76.1 Å². The van der Waals surface area contributed by atoms with Crippen LogP contribution in [0.5, 0.6) is 0 Å². The maximum atomic E-state index is 12.8. The molecule has 5 nitrogen and oxygen atoms in total. The Balaban J connectivity index is 1.90. The monoisotopic (exact) mass is 472 g/mol. The zero-order valence-electron chi connectivity index (χ0n) is 13.9. The van der Waals surface area contributed by atoms with Crippen LogP contribution in [0.25, 0.3) is 0 Å². The van der Waals surface area contributed by atoms with Crippen molar-refractivity contribution in [2.45, 2.75) is 14.7 Å². The van der Waals surface area contributed by atoms with E-state index < -0.39 is 15.9 Å². The highest BCUT2D eigenvalue weighted by Gasteiger charge is 2.23. The molecule has 0 fully saturated rings. The van der Waals surface area contributed by atoms with E-state index in [2.05, 4.69) is 4.98 Å². The van der Waals surface area contributed by atoms with E-state index in [-0.39, 0.29) is 10.5 Å². The molecule has 0 bridgehead atoms. The Labute approximate surface area is 181 Å². The standard InChI is InChI=1S/C18H11Cl3N2O3S2/c19-12-3-1-11(2-4-12)18(24)23-28(25,26)17-10-22-6-5-16(17)27-15-8-13(20)7-14(21)9-15/h1-10H,(H,23,24). The molecule has 0 aliphatic rings. The molecule has 0 atom stereocenters. The van der Waals surface area contributed by atoms with Gasteiger partial charge in [-0.3, -0.25) is 9.78 Å². The lowest BCUT2D eigenvalue weighted by atomic mass is 10.2. The molecule has 0 unspecified atom stereocenters. The van der Waals surface area contributed by atoms with Crippen molar-refractivity contribution in [3.8, 4) is 0 Å². The molecule has 144 valence electrons. The average molecular weight is 474 g/mol. The quantitative estimate of drug-likeness (QED) is 0.543. The van der Waals surface area contributed by atoms with E-state index in [9.17, 15) is 13.2 Å². The van der Waals surface area contributed by atoms with E-state index in [0.29, 0.717) is 24.9 Å². The lowest BCUT2D eigenvalue weighted by Crippen LogP contribution is -2.31. The summed E-state index contributed by atoms with van der Waals surface area (Å²) >= 11 is 18.9. The Morgan fingerprint density at radius 2 is 1.57 bits per heavy atom. The van der Waals surface area contributed by atoms with Crippen molar-refractivity contribution in [3.05, 3.63) is 81.6 Å². The third kappa shape index (κ3) is 5.18. The van der Waals surface area contributed by atoms with E-state index in [0.717, 1.165) is 11.8 Å². The van der Waals surface area contributed by atoms with Crippen LogP contribution >= 0.6 is 46.6 Å². The number of hydrogen-bond donors (Lipinski definition) is 1. The highest BCUT2D eigenvalue weighted by molar-refractivity contribution is 8.00. The van der Waals surface area contributed by atoms with Crippen LogP contribution in [0.4, 0.5) is 0 Å². The number of aromatic nitrogens is 1. The van der Waals surface area contributed by atoms with Crippen molar-refractivity contribution in [2.75, 3.05) is 0 Å². The molecular weight excluding hydrogens is 463 g/mol. The number of carbonyl (C=O) groups is 1. The molecule has 3 aromatic rings. The van der Waals surface area contributed by atoms with Crippen LogP contribution in [0, 0.1) is 0 Å². The van der Waals surface area contributed by atoms with E-state index in [4.69, 9.17) is 34.8 Å². The van der Waals surface area contributed by atoms with Gasteiger partial charge in [0.25, 0.3) is 15.9 Å². The highest BCUT2D eigenvalue weighted by Crippen LogP contribution is 2.35. The van der Waals surface area contributed by atoms with Gasteiger partial charge in [0.05, 0.1) is 0 Å². The molecule has 0 saturated heterocycles. The van der Waals surface area contributed by atoms with Gasteiger partial charge in [0.1, 0.15) is 4.90 Å². The molecular formula is C18H11Cl3N2O3S2. The Bertz CT molecular complexity index is 1120. The van der Waals surface area contributed by atoms with E-state index in [1.807, 2.05) is 4.72 Å². The predicted molar refractivity (Wildman–Crippen MR) is 111 cm³/mol. The number of pyridine rings is 1. The van der Waals surface area contributed by atoms with Crippen molar-refractivity contribution in [3.63, 3.8) is 0 Å². The van der Waals surface area contributed by atoms with Crippen molar-refractivity contribution < 1.29 is 13.2 Å². The van der Waals surface area contributed by atoms with Crippen LogP contribution in [0.2, 0.25) is 15.1 Å². The Morgan fingerprint density at radius 3 is 2.21 bits per heavy atom. The van der Waals surface area contributed by atoms with Crippen molar-refractivity contribution in [2.24, 2.45) is 0 Å². The minimum Gasteiger partial charge on any atom is -0.268 e. The first-order chi connectivity index (χ1) is 13.2. The minimum atomic E-state index is -4.17. The molecule has 10 heteroatoms. The minimum absolute atomic E-state index is 0.140. The van der Waals surface area contributed by atoms with Crippen LogP contribution in [-0.4, -0.2) is 19.3 Å². The van der Waals surface area contributed by atoms with Gasteiger partial charge in [-0.1, -0.05) is 46.6 Å². The SMILES string of the molecule is O=C(NS(=O)(=O)c1cnccc1Sc1cc(Cl)cc(Cl)c1)c1ccc(Cl)cc1. The Kier molecular flexibility index (Phi) is 6.52. The highest BCUT2D eigenvalue weighted by atomic mass is 35.5. The fourth-order valence-electron chi connectivity index (χ4n) is 2.20. The van der Waals surface area contributed by atoms with Crippen molar-refractivity contribution >= 4 is 62.5 Å². The number of carbonyl (C=O) groups excluding carboxylic acids is 1. The first-order valence-corrected chi connectivity index (χ1v) is 11.1. The van der Waals surface area contributed by atoms with Gasteiger partial charge in [-0.2, -0.15) is 0 Å². The van der Waals surface area contributed by atoms with Gasteiger partial charge in [-0.05, 0) is 48.5 Å². The zero-order chi connectivity index (χ0) is 20.3. The molecule has 1 heterocycles. The molecule has 28 heavy (non-hydrogen) atoms. The lowest BCUT2D eigenvalue weighted by Gasteiger charge is -2.11. The summed E-state index contributed by atoms with van der Waals surface area (Å²) in [7, 11) is -4.17. The molecule has 1 aromatic heterocycles. The van der Waals surface area contributed by atoms with Gasteiger partial charge in [-0.25, -0.2) is 13.1 Å². The van der Waals surface area contributed by atoms with Crippen LogP contribution in [0.15, 0.2) is 75.6 Å². The van der Waals surface area contributed by atoms with Gasteiger partial charge in [0, 0.05) is 42.8 Å². The summed E-state index contributed by atoms with van der Waals surface area (Å²) in [5, 5.41) is 1.28. The number of nitrogens with one attached hydrogen (secondary N) is 1. The summed E-state index contributed by atoms with van der Waals surface area (Å²) in [6.45, 7) is 0. The maximum absolute atomic E-state index is 12.8. The molecule has 1 amide bonds. The first kappa shape index (κ1) is 21.0. The normalized spacial score (nSPS) is 11.2.